The Morgan fingerprint density at radius 1 is 1.60 bits per heavy atom. The minimum Gasteiger partial charge on any atom is -0.461 e. The maximum absolute atomic E-state index is 10.6. The number of carbonyl (C=O) groups is 1. The lowest BCUT2D eigenvalue weighted by Gasteiger charge is -2.24. The maximum atomic E-state index is 10.6. The zero-order valence-electron chi connectivity index (χ0n) is 5.71. The number of nitrogens with two attached hydrogens (primary N) is 1. The molecule has 1 rings (SSSR count). The molecule has 0 atom stereocenters. The third kappa shape index (κ3) is 1.97. The van der Waals surface area contributed by atoms with Gasteiger partial charge in [0.25, 0.3) is 0 Å². The summed E-state index contributed by atoms with van der Waals surface area (Å²) in [5.41, 5.74) is 0. The van der Waals surface area contributed by atoms with E-state index in [0.29, 0.717) is 0 Å². The predicted molar refractivity (Wildman–Crippen MR) is 33.9 cm³/mol. The van der Waals surface area contributed by atoms with Crippen LogP contribution in [0.3, 0.4) is 0 Å². The number of ether oxygens (including phenoxy) is 1. The first-order chi connectivity index (χ1) is 4.83. The Labute approximate surface area is 59.2 Å². The van der Waals surface area contributed by atoms with Gasteiger partial charge in [0.05, 0.1) is 0 Å². The van der Waals surface area contributed by atoms with Crippen LogP contribution in [-0.2, 0) is 14.4 Å². The molecule has 0 amide bonds. The summed E-state index contributed by atoms with van der Waals surface area (Å²) in [7, 11) is 0. The van der Waals surface area contributed by atoms with Gasteiger partial charge >= 0.3 is 5.97 Å². The molecule has 2 N–H and O–H groups in total. The van der Waals surface area contributed by atoms with Crippen molar-refractivity contribution in [2.24, 2.45) is 5.90 Å². The van der Waals surface area contributed by atoms with Crippen molar-refractivity contribution < 1.29 is 14.4 Å². The van der Waals surface area contributed by atoms with E-state index < -0.39 is 0 Å². The van der Waals surface area contributed by atoms with Gasteiger partial charge in [0.1, 0.15) is 6.10 Å². The molecule has 0 unspecified atom stereocenters. The van der Waals surface area contributed by atoms with Crippen LogP contribution in [0.2, 0.25) is 0 Å². The lowest BCUT2D eigenvalue weighted by Crippen LogP contribution is -2.27. The average Bonchev–Trinajstić information content (AvgIpc) is 1.80. The highest BCUT2D eigenvalue weighted by atomic mass is 16.6. The molecule has 1 saturated carbocycles. The number of rotatable bonds is 3. The van der Waals surface area contributed by atoms with Gasteiger partial charge in [0, 0.05) is 0 Å². The SMILES string of the molecule is NOCC(=O)OC1CCC1. The minimum absolute atomic E-state index is 0.127. The molecular formula is C6H11NO3. The predicted octanol–water partition coefficient (Wildman–Crippen LogP) is -0.0276. The lowest BCUT2D eigenvalue weighted by molar-refractivity contribution is -0.158. The minimum atomic E-state index is -0.368. The van der Waals surface area contributed by atoms with Gasteiger partial charge in [-0.15, -0.1) is 0 Å². The number of esters is 1. The summed E-state index contributed by atoms with van der Waals surface area (Å²) in [6.07, 6.45) is 3.25. The first kappa shape index (κ1) is 7.50. The summed E-state index contributed by atoms with van der Waals surface area (Å²) >= 11 is 0. The molecule has 0 saturated heterocycles. The van der Waals surface area contributed by atoms with Crippen molar-refractivity contribution in [3.8, 4) is 0 Å². The largest absolute Gasteiger partial charge is 0.461 e. The third-order valence-corrected chi connectivity index (χ3v) is 1.55. The molecule has 10 heavy (non-hydrogen) atoms. The summed E-state index contributed by atoms with van der Waals surface area (Å²) in [5.74, 6) is 4.30. The number of hydrogen-bond donors (Lipinski definition) is 1. The van der Waals surface area contributed by atoms with Gasteiger partial charge in [-0.3, -0.25) is 4.84 Å². The quantitative estimate of drug-likeness (QED) is 0.447. The highest BCUT2D eigenvalue weighted by Gasteiger charge is 2.21. The van der Waals surface area contributed by atoms with Crippen LogP contribution in [0.4, 0.5) is 0 Å². The molecule has 1 fully saturated rings. The van der Waals surface area contributed by atoms with Crippen molar-refractivity contribution in [2.45, 2.75) is 25.4 Å². The van der Waals surface area contributed by atoms with E-state index >= 15 is 0 Å². The first-order valence-electron chi connectivity index (χ1n) is 3.34. The molecule has 58 valence electrons. The Balaban J connectivity index is 2.05. The van der Waals surface area contributed by atoms with Crippen LogP contribution in [0.1, 0.15) is 19.3 Å². The monoisotopic (exact) mass is 145 g/mol. The van der Waals surface area contributed by atoms with Crippen molar-refractivity contribution in [2.75, 3.05) is 6.61 Å². The highest BCUT2D eigenvalue weighted by Crippen LogP contribution is 2.21. The fourth-order valence-corrected chi connectivity index (χ4v) is 0.777. The van der Waals surface area contributed by atoms with Gasteiger partial charge in [-0.05, 0) is 19.3 Å². The summed E-state index contributed by atoms with van der Waals surface area (Å²) in [5, 5.41) is 0. The van der Waals surface area contributed by atoms with E-state index in [1.807, 2.05) is 0 Å². The molecule has 0 aliphatic heterocycles. The van der Waals surface area contributed by atoms with E-state index in [2.05, 4.69) is 10.7 Å². The van der Waals surface area contributed by atoms with E-state index in [0.717, 1.165) is 19.3 Å². The maximum Gasteiger partial charge on any atom is 0.334 e. The smallest absolute Gasteiger partial charge is 0.334 e. The van der Waals surface area contributed by atoms with Crippen LogP contribution in [0.5, 0.6) is 0 Å². The van der Waals surface area contributed by atoms with Crippen molar-refractivity contribution in [3.05, 3.63) is 0 Å². The van der Waals surface area contributed by atoms with E-state index in [1.54, 1.807) is 0 Å². The van der Waals surface area contributed by atoms with E-state index in [4.69, 9.17) is 4.74 Å². The van der Waals surface area contributed by atoms with Gasteiger partial charge in [-0.25, -0.2) is 10.7 Å². The molecule has 0 radical (unpaired) electrons. The average molecular weight is 145 g/mol. The van der Waals surface area contributed by atoms with Gasteiger partial charge in [0.2, 0.25) is 0 Å². The normalized spacial score (nSPS) is 18.1. The zero-order chi connectivity index (χ0) is 7.40. The zero-order valence-corrected chi connectivity index (χ0v) is 5.71. The molecular weight excluding hydrogens is 134 g/mol. The van der Waals surface area contributed by atoms with Gasteiger partial charge in [0.15, 0.2) is 6.61 Å². The second-order valence-corrected chi connectivity index (χ2v) is 2.35. The van der Waals surface area contributed by atoms with Crippen molar-refractivity contribution in [1.82, 2.24) is 0 Å². The van der Waals surface area contributed by atoms with Gasteiger partial charge < -0.3 is 4.74 Å². The van der Waals surface area contributed by atoms with Crippen LogP contribution in [0, 0.1) is 0 Å². The molecule has 4 nitrogen and oxygen atoms in total. The van der Waals surface area contributed by atoms with E-state index in [9.17, 15) is 4.79 Å². The van der Waals surface area contributed by atoms with Crippen molar-refractivity contribution in [3.63, 3.8) is 0 Å². The molecule has 0 heterocycles. The van der Waals surface area contributed by atoms with Gasteiger partial charge in [-0.2, -0.15) is 0 Å². The van der Waals surface area contributed by atoms with Crippen LogP contribution < -0.4 is 5.90 Å². The molecule has 0 aromatic rings. The Morgan fingerprint density at radius 3 is 2.70 bits per heavy atom. The number of hydrogen-bond acceptors (Lipinski definition) is 4. The fourth-order valence-electron chi connectivity index (χ4n) is 0.777. The van der Waals surface area contributed by atoms with E-state index in [1.165, 1.54) is 0 Å². The van der Waals surface area contributed by atoms with Crippen LogP contribution in [0.25, 0.3) is 0 Å². The Kier molecular flexibility index (Phi) is 2.65. The Hall–Kier alpha value is -0.610. The van der Waals surface area contributed by atoms with Crippen LogP contribution in [-0.4, -0.2) is 18.7 Å². The Morgan fingerprint density at radius 2 is 2.30 bits per heavy atom. The first-order valence-corrected chi connectivity index (χ1v) is 3.34. The highest BCUT2D eigenvalue weighted by molar-refractivity contribution is 5.70. The van der Waals surface area contributed by atoms with Gasteiger partial charge in [-0.1, -0.05) is 0 Å². The second kappa shape index (κ2) is 3.53. The topological polar surface area (TPSA) is 61.5 Å². The van der Waals surface area contributed by atoms with E-state index in [-0.39, 0.29) is 18.7 Å². The lowest BCUT2D eigenvalue weighted by atomic mass is 9.96. The van der Waals surface area contributed by atoms with Crippen molar-refractivity contribution >= 4 is 5.97 Å². The third-order valence-electron chi connectivity index (χ3n) is 1.55. The summed E-state index contributed by atoms with van der Waals surface area (Å²) in [6, 6.07) is 0. The molecule has 0 bridgehead atoms. The second-order valence-electron chi connectivity index (χ2n) is 2.35. The molecule has 0 aromatic carbocycles. The molecule has 1 aliphatic rings. The fraction of sp³-hybridized carbons (Fsp3) is 0.833. The molecule has 0 spiro atoms. The Bertz CT molecular complexity index is 122. The molecule has 0 aromatic heterocycles. The molecule has 4 heteroatoms. The van der Waals surface area contributed by atoms with Crippen LogP contribution in [0.15, 0.2) is 0 Å². The number of carbonyl (C=O) groups excluding carboxylic acids is 1. The summed E-state index contributed by atoms with van der Waals surface area (Å²) in [6.45, 7) is -0.142. The molecule has 1 aliphatic carbocycles. The van der Waals surface area contributed by atoms with Crippen LogP contribution >= 0.6 is 0 Å². The van der Waals surface area contributed by atoms with Crippen molar-refractivity contribution in [1.29, 1.82) is 0 Å². The standard InChI is InChI=1S/C6H11NO3/c7-9-4-6(8)10-5-2-1-3-5/h5H,1-4,7H2. The summed E-state index contributed by atoms with van der Waals surface area (Å²) < 4.78 is 4.88. The summed E-state index contributed by atoms with van der Waals surface area (Å²) in [4.78, 5) is 14.7.